The summed E-state index contributed by atoms with van der Waals surface area (Å²) >= 11 is 0. The Hall–Kier alpha value is -3.55. The van der Waals surface area contributed by atoms with E-state index in [2.05, 4.69) is 5.32 Å². The van der Waals surface area contributed by atoms with Gasteiger partial charge < -0.3 is 23.5 Å². The number of ketones is 1. The zero-order chi connectivity index (χ0) is 21.0. The number of aromatic nitrogens is 1. The third kappa shape index (κ3) is 4.66. The highest BCUT2D eigenvalue weighted by Crippen LogP contribution is 2.18. The average molecular weight is 398 g/mol. The van der Waals surface area contributed by atoms with Gasteiger partial charge in [0.15, 0.2) is 12.4 Å². The zero-order valence-electron chi connectivity index (χ0n) is 16.4. The fraction of sp³-hybridized carbons (Fsp3) is 0.286. The van der Waals surface area contributed by atoms with Crippen LogP contribution in [-0.4, -0.2) is 34.9 Å². The highest BCUT2D eigenvalue weighted by molar-refractivity contribution is 6.00. The van der Waals surface area contributed by atoms with Crippen LogP contribution < -0.4 is 5.32 Å². The van der Waals surface area contributed by atoms with Crippen LogP contribution in [0.15, 0.2) is 51.7 Å². The highest BCUT2D eigenvalue weighted by Gasteiger charge is 2.22. The predicted molar refractivity (Wildman–Crippen MR) is 103 cm³/mol. The Morgan fingerprint density at radius 1 is 1.14 bits per heavy atom. The summed E-state index contributed by atoms with van der Waals surface area (Å²) in [6.45, 7) is 5.30. The molecule has 0 aromatic carbocycles. The second-order valence-corrected chi connectivity index (χ2v) is 6.65. The molecular weight excluding hydrogens is 376 g/mol. The third-order valence-electron chi connectivity index (χ3n) is 4.56. The average Bonchev–Trinajstić information content (AvgIpc) is 3.44. The second-order valence-electron chi connectivity index (χ2n) is 6.65. The normalized spacial score (nSPS) is 11.8. The lowest BCUT2D eigenvalue weighted by Crippen LogP contribution is -2.40. The van der Waals surface area contributed by atoms with Gasteiger partial charge in [0.25, 0.3) is 5.91 Å². The van der Waals surface area contributed by atoms with Gasteiger partial charge in [-0.2, -0.15) is 0 Å². The first-order valence-electron chi connectivity index (χ1n) is 9.10. The Labute approximate surface area is 167 Å². The largest absolute Gasteiger partial charge is 0.467 e. The first kappa shape index (κ1) is 20.2. The van der Waals surface area contributed by atoms with Crippen molar-refractivity contribution in [3.8, 4) is 0 Å². The molecule has 0 saturated heterocycles. The van der Waals surface area contributed by atoms with Crippen molar-refractivity contribution >= 4 is 17.7 Å². The molecule has 3 heterocycles. The van der Waals surface area contributed by atoms with Crippen LogP contribution in [0.3, 0.4) is 0 Å². The summed E-state index contributed by atoms with van der Waals surface area (Å²) in [6, 6.07) is 7.55. The second kappa shape index (κ2) is 8.64. The van der Waals surface area contributed by atoms with Gasteiger partial charge in [-0.3, -0.25) is 9.59 Å². The van der Waals surface area contributed by atoms with E-state index in [4.69, 9.17) is 13.6 Å². The van der Waals surface area contributed by atoms with E-state index < -0.39 is 24.5 Å². The van der Waals surface area contributed by atoms with Gasteiger partial charge in [-0.15, -0.1) is 0 Å². The molecule has 1 N–H and O–H groups in total. The van der Waals surface area contributed by atoms with Gasteiger partial charge in [-0.1, -0.05) is 0 Å². The summed E-state index contributed by atoms with van der Waals surface area (Å²) in [5.74, 6) is -0.695. The number of furan rings is 2. The third-order valence-corrected chi connectivity index (χ3v) is 4.56. The number of Topliss-reactive ketones (excluding diaryl/α,β-unsaturated/α-hetero) is 1. The van der Waals surface area contributed by atoms with Gasteiger partial charge in [-0.25, -0.2) is 4.79 Å². The molecule has 0 spiro atoms. The summed E-state index contributed by atoms with van der Waals surface area (Å²) in [7, 11) is 0. The van der Waals surface area contributed by atoms with Crippen LogP contribution in [0.1, 0.15) is 45.0 Å². The Bertz CT molecular complexity index is 999. The van der Waals surface area contributed by atoms with Crippen molar-refractivity contribution < 1.29 is 28.0 Å². The Morgan fingerprint density at radius 3 is 2.52 bits per heavy atom. The van der Waals surface area contributed by atoms with Crippen molar-refractivity contribution in [2.75, 3.05) is 6.61 Å². The predicted octanol–water partition coefficient (Wildman–Crippen LogP) is 2.88. The van der Waals surface area contributed by atoms with Gasteiger partial charge in [0.05, 0.1) is 19.1 Å². The minimum Gasteiger partial charge on any atom is -0.467 e. The number of rotatable bonds is 8. The number of amides is 1. The van der Waals surface area contributed by atoms with E-state index in [9.17, 15) is 14.4 Å². The Kier molecular flexibility index (Phi) is 6.01. The Morgan fingerprint density at radius 2 is 1.86 bits per heavy atom. The Balaban J connectivity index is 1.57. The van der Waals surface area contributed by atoms with Crippen molar-refractivity contribution in [2.45, 2.75) is 33.4 Å². The van der Waals surface area contributed by atoms with Crippen LogP contribution in [0.4, 0.5) is 0 Å². The fourth-order valence-corrected chi connectivity index (χ4v) is 2.96. The summed E-state index contributed by atoms with van der Waals surface area (Å²) in [6.07, 6.45) is 2.96. The standard InChI is InChI=1S/C21H22N2O6/c1-13-10-17(15(3)23(13)11-16-6-4-8-27-16)18(24)12-29-21(26)14(2)22-20(25)19-7-5-9-28-19/h4-10,14H,11-12H2,1-3H3,(H,22,25)/t14-/m1/s1. The van der Waals surface area contributed by atoms with E-state index in [1.54, 1.807) is 24.5 Å². The molecule has 0 fully saturated rings. The van der Waals surface area contributed by atoms with Crippen molar-refractivity contribution in [1.82, 2.24) is 9.88 Å². The van der Waals surface area contributed by atoms with Gasteiger partial charge in [0, 0.05) is 17.0 Å². The molecule has 0 saturated carbocycles. The number of esters is 1. The molecule has 0 unspecified atom stereocenters. The van der Waals surface area contributed by atoms with Crippen LogP contribution in [0.5, 0.6) is 0 Å². The monoisotopic (exact) mass is 398 g/mol. The molecule has 0 aliphatic carbocycles. The number of ether oxygens (including phenoxy) is 1. The molecule has 1 amide bonds. The smallest absolute Gasteiger partial charge is 0.328 e. The first-order chi connectivity index (χ1) is 13.9. The molecule has 3 aromatic heterocycles. The molecule has 29 heavy (non-hydrogen) atoms. The molecule has 152 valence electrons. The minimum atomic E-state index is -0.924. The highest BCUT2D eigenvalue weighted by atomic mass is 16.5. The van der Waals surface area contributed by atoms with E-state index in [1.807, 2.05) is 24.5 Å². The van der Waals surface area contributed by atoms with E-state index in [-0.39, 0.29) is 11.5 Å². The topological polar surface area (TPSA) is 104 Å². The van der Waals surface area contributed by atoms with Crippen LogP contribution in [-0.2, 0) is 16.1 Å². The minimum absolute atomic E-state index is 0.0877. The lowest BCUT2D eigenvalue weighted by molar-refractivity contribution is -0.144. The van der Waals surface area contributed by atoms with E-state index >= 15 is 0 Å². The fourth-order valence-electron chi connectivity index (χ4n) is 2.96. The van der Waals surface area contributed by atoms with Gasteiger partial charge >= 0.3 is 5.97 Å². The van der Waals surface area contributed by atoms with Crippen molar-refractivity contribution in [2.24, 2.45) is 0 Å². The molecule has 0 aliphatic rings. The number of nitrogens with one attached hydrogen (secondary N) is 1. The maximum atomic E-state index is 12.6. The molecule has 3 rings (SSSR count). The molecule has 0 radical (unpaired) electrons. The lowest BCUT2D eigenvalue weighted by Gasteiger charge is -2.12. The first-order valence-corrected chi connectivity index (χ1v) is 9.10. The van der Waals surface area contributed by atoms with Gasteiger partial charge in [-0.05, 0) is 51.1 Å². The molecule has 0 bridgehead atoms. The van der Waals surface area contributed by atoms with Crippen molar-refractivity contribution in [1.29, 1.82) is 0 Å². The maximum Gasteiger partial charge on any atom is 0.328 e. The van der Waals surface area contributed by atoms with Crippen LogP contribution in [0, 0.1) is 13.8 Å². The van der Waals surface area contributed by atoms with Crippen LogP contribution in [0.2, 0.25) is 0 Å². The van der Waals surface area contributed by atoms with Crippen LogP contribution >= 0.6 is 0 Å². The molecule has 0 aliphatic heterocycles. The van der Waals surface area contributed by atoms with Gasteiger partial charge in [0.1, 0.15) is 11.8 Å². The molecule has 8 heteroatoms. The molecular formula is C21H22N2O6. The SMILES string of the molecule is Cc1cc(C(=O)COC(=O)[C@@H](C)NC(=O)c2ccco2)c(C)n1Cc1ccco1. The number of carbonyl (C=O) groups excluding carboxylic acids is 3. The lowest BCUT2D eigenvalue weighted by atomic mass is 10.1. The number of carbonyl (C=O) groups is 3. The summed E-state index contributed by atoms with van der Waals surface area (Å²) < 4.78 is 17.4. The van der Waals surface area contributed by atoms with Crippen LogP contribution in [0.25, 0.3) is 0 Å². The molecule has 8 nitrogen and oxygen atoms in total. The number of aryl methyl sites for hydroxylation is 1. The van der Waals surface area contributed by atoms with E-state index in [0.717, 1.165) is 17.1 Å². The number of hydrogen-bond donors (Lipinski definition) is 1. The summed E-state index contributed by atoms with van der Waals surface area (Å²) in [4.78, 5) is 36.6. The zero-order valence-corrected chi connectivity index (χ0v) is 16.4. The van der Waals surface area contributed by atoms with Gasteiger partial charge in [0.2, 0.25) is 5.78 Å². The van der Waals surface area contributed by atoms with E-state index in [1.165, 1.54) is 19.3 Å². The molecule has 1 atom stereocenters. The van der Waals surface area contributed by atoms with E-state index in [0.29, 0.717) is 12.1 Å². The maximum absolute atomic E-state index is 12.6. The number of hydrogen-bond acceptors (Lipinski definition) is 6. The quantitative estimate of drug-likeness (QED) is 0.462. The summed E-state index contributed by atoms with van der Waals surface area (Å²) in [5, 5.41) is 2.46. The van der Waals surface area contributed by atoms with Crippen molar-refractivity contribution in [3.63, 3.8) is 0 Å². The van der Waals surface area contributed by atoms with Crippen molar-refractivity contribution in [3.05, 3.63) is 71.3 Å². The molecule has 3 aromatic rings. The summed E-state index contributed by atoms with van der Waals surface area (Å²) in [5.41, 5.74) is 2.14. The number of nitrogens with zero attached hydrogens (tertiary/aromatic N) is 1.